The van der Waals surface area contributed by atoms with E-state index in [1.807, 2.05) is 0 Å². The van der Waals surface area contributed by atoms with Crippen LogP contribution in [0.15, 0.2) is 0 Å². The first-order valence-corrected chi connectivity index (χ1v) is 9.73. The van der Waals surface area contributed by atoms with Crippen molar-refractivity contribution in [2.75, 3.05) is 52.4 Å². The van der Waals surface area contributed by atoms with Crippen molar-refractivity contribution in [1.29, 1.82) is 0 Å². The summed E-state index contributed by atoms with van der Waals surface area (Å²) in [5, 5.41) is 0. The highest BCUT2D eigenvalue weighted by atomic mass is 15.3. The molecule has 0 aromatic carbocycles. The molecule has 0 bridgehead atoms. The van der Waals surface area contributed by atoms with Gasteiger partial charge in [-0.05, 0) is 71.0 Å². The minimum atomic E-state index is 0.719. The molecule has 0 N–H and O–H groups in total. The van der Waals surface area contributed by atoms with Crippen LogP contribution < -0.4 is 0 Å². The number of nitrogens with zero attached hydrogens (tertiary/aromatic N) is 3. The molecule has 2 rings (SSSR count). The second kappa shape index (κ2) is 9.24. The summed E-state index contributed by atoms with van der Waals surface area (Å²) in [6, 6.07) is 0.719. The summed E-state index contributed by atoms with van der Waals surface area (Å²) < 4.78 is 0. The Bertz CT molecular complexity index is 287. The van der Waals surface area contributed by atoms with E-state index in [2.05, 4.69) is 42.4 Å². The molecule has 0 atom stereocenters. The van der Waals surface area contributed by atoms with Crippen LogP contribution in [0.3, 0.4) is 0 Å². The normalized spacial score (nSPS) is 23.7. The third kappa shape index (κ3) is 6.17. The zero-order valence-corrected chi connectivity index (χ0v) is 15.6. The zero-order chi connectivity index (χ0) is 15.9. The number of hydrogen-bond donors (Lipinski definition) is 0. The molecule has 0 unspecified atom stereocenters. The number of piperazine rings is 1. The molecule has 2 aliphatic rings. The fourth-order valence-electron chi connectivity index (χ4n) is 3.94. The summed E-state index contributed by atoms with van der Waals surface area (Å²) in [6.07, 6.45) is 5.62. The highest BCUT2D eigenvalue weighted by Crippen LogP contribution is 2.20. The smallest absolute Gasteiger partial charge is 0.0113 e. The molecule has 0 amide bonds. The monoisotopic (exact) mass is 309 g/mol. The van der Waals surface area contributed by atoms with E-state index >= 15 is 0 Å². The van der Waals surface area contributed by atoms with E-state index in [0.29, 0.717) is 0 Å². The van der Waals surface area contributed by atoms with Crippen LogP contribution in [0.2, 0.25) is 0 Å². The summed E-state index contributed by atoms with van der Waals surface area (Å²) in [7, 11) is 0. The maximum atomic E-state index is 2.72. The van der Waals surface area contributed by atoms with Crippen molar-refractivity contribution in [3.05, 3.63) is 0 Å². The summed E-state index contributed by atoms with van der Waals surface area (Å²) in [5.74, 6) is 1.81. The quantitative estimate of drug-likeness (QED) is 0.715. The van der Waals surface area contributed by atoms with Gasteiger partial charge in [0.25, 0.3) is 0 Å². The molecule has 0 aromatic heterocycles. The average Bonchev–Trinajstić information content (AvgIpc) is 2.49. The van der Waals surface area contributed by atoms with Crippen LogP contribution in [0.1, 0.15) is 53.4 Å². The molecule has 0 aromatic rings. The first kappa shape index (κ1) is 18.2. The van der Waals surface area contributed by atoms with Gasteiger partial charge >= 0.3 is 0 Å². The van der Waals surface area contributed by atoms with Gasteiger partial charge in [0.2, 0.25) is 0 Å². The lowest BCUT2D eigenvalue weighted by Crippen LogP contribution is -2.50. The summed E-state index contributed by atoms with van der Waals surface area (Å²) >= 11 is 0. The predicted molar refractivity (Wildman–Crippen MR) is 96.4 cm³/mol. The van der Waals surface area contributed by atoms with Gasteiger partial charge < -0.3 is 9.80 Å². The lowest BCUT2D eigenvalue weighted by atomic mass is 9.95. The van der Waals surface area contributed by atoms with Crippen LogP contribution in [0, 0.1) is 11.8 Å². The van der Waals surface area contributed by atoms with Crippen LogP contribution in [-0.4, -0.2) is 73.1 Å². The van der Waals surface area contributed by atoms with Crippen molar-refractivity contribution in [2.24, 2.45) is 11.8 Å². The fraction of sp³-hybridized carbons (Fsp3) is 1.00. The maximum Gasteiger partial charge on any atom is 0.0113 e. The van der Waals surface area contributed by atoms with Crippen LogP contribution in [0.25, 0.3) is 0 Å². The van der Waals surface area contributed by atoms with Crippen LogP contribution in [-0.2, 0) is 0 Å². The third-order valence-corrected chi connectivity index (χ3v) is 5.62. The van der Waals surface area contributed by atoms with Gasteiger partial charge in [0.1, 0.15) is 0 Å². The number of likely N-dealkylation sites (tertiary alicyclic amines) is 1. The molecule has 2 heterocycles. The SMILES string of the molecule is CC(C)CCCN1CCC(CN2CCN(C(C)C)CC2)CC1. The Hall–Kier alpha value is -0.120. The first-order chi connectivity index (χ1) is 10.5. The Kier molecular flexibility index (Phi) is 7.66. The van der Waals surface area contributed by atoms with E-state index in [4.69, 9.17) is 0 Å². The van der Waals surface area contributed by atoms with Crippen molar-refractivity contribution in [1.82, 2.24) is 14.7 Å². The van der Waals surface area contributed by atoms with Crippen molar-refractivity contribution in [3.8, 4) is 0 Å². The summed E-state index contributed by atoms with van der Waals surface area (Å²) in [5.41, 5.74) is 0. The largest absolute Gasteiger partial charge is 0.303 e. The van der Waals surface area contributed by atoms with Gasteiger partial charge in [-0.15, -0.1) is 0 Å². The number of piperidine rings is 1. The molecular weight excluding hydrogens is 270 g/mol. The van der Waals surface area contributed by atoms with E-state index in [1.165, 1.54) is 78.0 Å². The van der Waals surface area contributed by atoms with Gasteiger partial charge in [-0.1, -0.05) is 13.8 Å². The highest BCUT2D eigenvalue weighted by Gasteiger charge is 2.24. The first-order valence-electron chi connectivity index (χ1n) is 9.73. The Balaban J connectivity index is 1.58. The summed E-state index contributed by atoms with van der Waals surface area (Å²) in [4.78, 5) is 8.04. The Morgan fingerprint density at radius 1 is 0.818 bits per heavy atom. The summed E-state index contributed by atoms with van der Waals surface area (Å²) in [6.45, 7) is 19.8. The van der Waals surface area contributed by atoms with Crippen molar-refractivity contribution >= 4 is 0 Å². The lowest BCUT2D eigenvalue weighted by Gasteiger charge is -2.40. The van der Waals surface area contributed by atoms with E-state index in [0.717, 1.165) is 17.9 Å². The second-order valence-corrected chi connectivity index (χ2v) is 8.25. The molecule has 2 saturated heterocycles. The molecule has 22 heavy (non-hydrogen) atoms. The van der Waals surface area contributed by atoms with Crippen LogP contribution in [0.5, 0.6) is 0 Å². The standard InChI is InChI=1S/C19H39N3/c1-17(2)6-5-9-20-10-7-19(8-11-20)16-21-12-14-22(15-13-21)18(3)4/h17-19H,5-16H2,1-4H3. The van der Waals surface area contributed by atoms with Gasteiger partial charge in [0.05, 0.1) is 0 Å². The Morgan fingerprint density at radius 2 is 1.45 bits per heavy atom. The fourth-order valence-corrected chi connectivity index (χ4v) is 3.94. The molecule has 0 radical (unpaired) electrons. The number of rotatable bonds is 7. The Labute approximate surface area is 139 Å². The average molecular weight is 310 g/mol. The third-order valence-electron chi connectivity index (χ3n) is 5.62. The van der Waals surface area contributed by atoms with Crippen LogP contribution >= 0.6 is 0 Å². The predicted octanol–water partition coefficient (Wildman–Crippen LogP) is 3.16. The van der Waals surface area contributed by atoms with E-state index < -0.39 is 0 Å². The van der Waals surface area contributed by atoms with E-state index in [1.54, 1.807) is 0 Å². The van der Waals surface area contributed by atoms with Crippen molar-refractivity contribution < 1.29 is 0 Å². The highest BCUT2D eigenvalue weighted by molar-refractivity contribution is 4.79. The Morgan fingerprint density at radius 3 is 2.00 bits per heavy atom. The molecule has 3 heteroatoms. The molecule has 2 aliphatic heterocycles. The van der Waals surface area contributed by atoms with Gasteiger partial charge in [0.15, 0.2) is 0 Å². The zero-order valence-electron chi connectivity index (χ0n) is 15.6. The lowest BCUT2D eigenvalue weighted by molar-refractivity contribution is 0.0806. The van der Waals surface area contributed by atoms with Crippen molar-refractivity contribution in [3.63, 3.8) is 0 Å². The molecule has 3 nitrogen and oxygen atoms in total. The topological polar surface area (TPSA) is 9.72 Å². The molecule has 0 spiro atoms. The van der Waals surface area contributed by atoms with Gasteiger partial charge in [0, 0.05) is 38.8 Å². The van der Waals surface area contributed by atoms with E-state index in [-0.39, 0.29) is 0 Å². The minimum absolute atomic E-state index is 0.719. The van der Waals surface area contributed by atoms with E-state index in [9.17, 15) is 0 Å². The minimum Gasteiger partial charge on any atom is -0.303 e. The maximum absolute atomic E-state index is 2.72. The van der Waals surface area contributed by atoms with Crippen LogP contribution in [0.4, 0.5) is 0 Å². The van der Waals surface area contributed by atoms with Crippen molar-refractivity contribution in [2.45, 2.75) is 59.4 Å². The second-order valence-electron chi connectivity index (χ2n) is 8.25. The van der Waals surface area contributed by atoms with Gasteiger partial charge in [-0.3, -0.25) is 4.90 Å². The molecular formula is C19H39N3. The van der Waals surface area contributed by atoms with Gasteiger partial charge in [-0.2, -0.15) is 0 Å². The molecule has 2 fully saturated rings. The molecule has 130 valence electrons. The molecule has 0 saturated carbocycles. The van der Waals surface area contributed by atoms with Gasteiger partial charge in [-0.25, -0.2) is 0 Å². The number of hydrogen-bond acceptors (Lipinski definition) is 3. The molecule has 0 aliphatic carbocycles.